The lowest BCUT2D eigenvalue weighted by Gasteiger charge is -2.23. The molecule has 2 fully saturated rings. The van der Waals surface area contributed by atoms with Gasteiger partial charge in [0, 0.05) is 26.1 Å². The third-order valence-corrected chi connectivity index (χ3v) is 5.03. The van der Waals surface area contributed by atoms with Crippen molar-refractivity contribution < 1.29 is 9.21 Å². The zero-order valence-electron chi connectivity index (χ0n) is 14.4. The number of rotatable bonds is 3. The average Bonchev–Trinajstić information content (AvgIpc) is 3.36. The molecule has 0 saturated carbocycles. The van der Waals surface area contributed by atoms with Gasteiger partial charge in [-0.1, -0.05) is 12.1 Å². The summed E-state index contributed by atoms with van der Waals surface area (Å²) < 4.78 is 5.51. The van der Waals surface area contributed by atoms with Crippen LogP contribution in [0.25, 0.3) is 11.5 Å². The fraction of sp³-hybridized carbons (Fsp3) is 0.500. The maximum absolute atomic E-state index is 12.7. The number of benzene rings is 1. The summed E-state index contributed by atoms with van der Waals surface area (Å²) in [6.45, 7) is 5.68. The Balaban J connectivity index is 1.45. The smallest absolute Gasteiger partial charge is 0.321 e. The summed E-state index contributed by atoms with van der Waals surface area (Å²) in [5.41, 5.74) is 1.44. The minimum Gasteiger partial charge on any atom is -0.421 e. The summed E-state index contributed by atoms with van der Waals surface area (Å²) >= 11 is 0. The Morgan fingerprint density at radius 3 is 2.76 bits per heavy atom. The number of carbonyl (C=O) groups excluding carboxylic acids is 1. The summed E-state index contributed by atoms with van der Waals surface area (Å²) in [5.74, 6) is 0.925. The van der Waals surface area contributed by atoms with Crippen molar-refractivity contribution in [1.82, 2.24) is 20.0 Å². The van der Waals surface area contributed by atoms with E-state index in [-0.39, 0.29) is 6.03 Å². The summed E-state index contributed by atoms with van der Waals surface area (Å²) in [6, 6.07) is 7.95. The quantitative estimate of drug-likeness (QED) is 0.929. The van der Waals surface area contributed by atoms with Crippen LogP contribution in [-0.4, -0.2) is 58.2 Å². The molecule has 2 aliphatic heterocycles. The average molecular weight is 341 g/mol. The molecule has 4 rings (SSSR count). The molecular formula is C18H23N5O2. The normalized spacial score (nSPS) is 21.0. The van der Waals surface area contributed by atoms with Gasteiger partial charge in [-0.15, -0.1) is 10.2 Å². The molecule has 132 valence electrons. The molecule has 1 N–H and O–H groups in total. The van der Waals surface area contributed by atoms with Gasteiger partial charge in [0.15, 0.2) is 0 Å². The molecule has 0 unspecified atom stereocenters. The molecule has 0 radical (unpaired) electrons. The molecule has 2 aliphatic rings. The van der Waals surface area contributed by atoms with Crippen LogP contribution in [0.2, 0.25) is 0 Å². The number of likely N-dealkylation sites (tertiary alicyclic amines) is 2. The molecule has 25 heavy (non-hydrogen) atoms. The van der Waals surface area contributed by atoms with Gasteiger partial charge in [0.1, 0.15) is 0 Å². The highest BCUT2D eigenvalue weighted by Crippen LogP contribution is 2.27. The molecule has 1 atom stereocenters. The number of anilines is 1. The standard InChI is InChI=1S/C18H23N5O2/c1-13-20-21-17(25-13)15-6-2-3-7-16(15)19-18(24)23-11-8-14(12-23)22-9-4-5-10-22/h2-3,6-7,14H,4-5,8-12H2,1H3,(H,19,24)/t14-/m1/s1. The molecule has 0 bridgehead atoms. The molecule has 2 aromatic rings. The van der Waals surface area contributed by atoms with E-state index in [0.29, 0.717) is 23.5 Å². The van der Waals surface area contributed by atoms with Crippen molar-refractivity contribution in [1.29, 1.82) is 0 Å². The monoisotopic (exact) mass is 341 g/mol. The fourth-order valence-corrected chi connectivity index (χ4v) is 3.71. The Bertz CT molecular complexity index is 753. The van der Waals surface area contributed by atoms with Crippen molar-refractivity contribution in [2.45, 2.75) is 32.2 Å². The van der Waals surface area contributed by atoms with Gasteiger partial charge in [-0.05, 0) is 44.5 Å². The molecule has 2 amide bonds. The second-order valence-corrected chi connectivity index (χ2v) is 6.73. The van der Waals surface area contributed by atoms with Gasteiger partial charge >= 0.3 is 6.03 Å². The van der Waals surface area contributed by atoms with Gasteiger partial charge in [0.2, 0.25) is 11.8 Å². The molecular weight excluding hydrogens is 318 g/mol. The van der Waals surface area contributed by atoms with Crippen molar-refractivity contribution in [2.75, 3.05) is 31.5 Å². The van der Waals surface area contributed by atoms with Gasteiger partial charge in [-0.3, -0.25) is 4.90 Å². The van der Waals surface area contributed by atoms with Crippen molar-refractivity contribution in [3.63, 3.8) is 0 Å². The van der Waals surface area contributed by atoms with Crippen LogP contribution in [0.1, 0.15) is 25.2 Å². The van der Waals surface area contributed by atoms with Crippen molar-refractivity contribution >= 4 is 11.7 Å². The van der Waals surface area contributed by atoms with Crippen molar-refractivity contribution in [3.8, 4) is 11.5 Å². The number of urea groups is 1. The van der Waals surface area contributed by atoms with Crippen LogP contribution in [0.5, 0.6) is 0 Å². The van der Waals surface area contributed by atoms with Crippen LogP contribution >= 0.6 is 0 Å². The zero-order chi connectivity index (χ0) is 17.2. The topological polar surface area (TPSA) is 74.5 Å². The molecule has 1 aromatic carbocycles. The number of hydrogen-bond acceptors (Lipinski definition) is 5. The van der Waals surface area contributed by atoms with E-state index in [9.17, 15) is 4.79 Å². The highest BCUT2D eigenvalue weighted by molar-refractivity contribution is 5.93. The van der Waals surface area contributed by atoms with E-state index in [1.807, 2.05) is 29.2 Å². The third kappa shape index (κ3) is 3.37. The molecule has 0 spiro atoms. The minimum absolute atomic E-state index is 0.0645. The summed E-state index contributed by atoms with van der Waals surface area (Å²) in [5, 5.41) is 10.9. The summed E-state index contributed by atoms with van der Waals surface area (Å²) in [7, 11) is 0. The van der Waals surface area contributed by atoms with Gasteiger partial charge in [0.05, 0.1) is 11.3 Å². The van der Waals surface area contributed by atoms with Crippen LogP contribution in [0, 0.1) is 6.92 Å². The van der Waals surface area contributed by atoms with E-state index in [0.717, 1.165) is 25.1 Å². The Hall–Kier alpha value is -2.41. The fourth-order valence-electron chi connectivity index (χ4n) is 3.71. The van der Waals surface area contributed by atoms with E-state index in [1.165, 1.54) is 25.9 Å². The number of carbonyl (C=O) groups is 1. The molecule has 7 nitrogen and oxygen atoms in total. The van der Waals surface area contributed by atoms with Crippen LogP contribution in [-0.2, 0) is 0 Å². The third-order valence-electron chi connectivity index (χ3n) is 5.03. The first-order valence-corrected chi connectivity index (χ1v) is 8.90. The first-order chi connectivity index (χ1) is 12.2. The van der Waals surface area contributed by atoms with E-state index in [4.69, 9.17) is 4.42 Å². The molecule has 3 heterocycles. The van der Waals surface area contributed by atoms with Crippen LogP contribution in [0.15, 0.2) is 28.7 Å². The van der Waals surface area contributed by atoms with E-state index < -0.39 is 0 Å². The van der Waals surface area contributed by atoms with Gasteiger partial charge in [-0.25, -0.2) is 4.79 Å². The van der Waals surface area contributed by atoms with Crippen molar-refractivity contribution in [3.05, 3.63) is 30.2 Å². The molecule has 7 heteroatoms. The Kier molecular flexibility index (Phi) is 4.40. The van der Waals surface area contributed by atoms with Crippen LogP contribution in [0.4, 0.5) is 10.5 Å². The maximum Gasteiger partial charge on any atom is 0.321 e. The number of aryl methyl sites for hydroxylation is 1. The maximum atomic E-state index is 12.7. The highest BCUT2D eigenvalue weighted by Gasteiger charge is 2.31. The minimum atomic E-state index is -0.0645. The number of aromatic nitrogens is 2. The second-order valence-electron chi connectivity index (χ2n) is 6.73. The Morgan fingerprint density at radius 1 is 1.20 bits per heavy atom. The Morgan fingerprint density at radius 2 is 2.00 bits per heavy atom. The lowest BCUT2D eigenvalue weighted by atomic mass is 10.2. The number of para-hydroxylation sites is 1. The van der Waals surface area contributed by atoms with Gasteiger partial charge in [0.25, 0.3) is 0 Å². The van der Waals surface area contributed by atoms with Crippen LogP contribution in [0.3, 0.4) is 0 Å². The summed E-state index contributed by atoms with van der Waals surface area (Å²) in [4.78, 5) is 17.1. The number of nitrogens with zero attached hydrogens (tertiary/aromatic N) is 4. The lowest BCUT2D eigenvalue weighted by molar-refractivity contribution is 0.210. The predicted octanol–water partition coefficient (Wildman–Crippen LogP) is 2.75. The first-order valence-electron chi connectivity index (χ1n) is 8.90. The van der Waals surface area contributed by atoms with E-state index in [1.54, 1.807) is 6.92 Å². The van der Waals surface area contributed by atoms with Crippen LogP contribution < -0.4 is 5.32 Å². The lowest BCUT2D eigenvalue weighted by Crippen LogP contribution is -2.38. The largest absolute Gasteiger partial charge is 0.421 e. The first kappa shape index (κ1) is 16.1. The number of nitrogens with one attached hydrogen (secondary N) is 1. The molecule has 1 aromatic heterocycles. The highest BCUT2D eigenvalue weighted by atomic mass is 16.4. The second kappa shape index (κ2) is 6.84. The van der Waals surface area contributed by atoms with E-state index in [2.05, 4.69) is 20.4 Å². The van der Waals surface area contributed by atoms with Gasteiger partial charge < -0.3 is 14.6 Å². The molecule has 0 aliphatic carbocycles. The van der Waals surface area contributed by atoms with Crippen molar-refractivity contribution in [2.24, 2.45) is 0 Å². The molecule has 2 saturated heterocycles. The van der Waals surface area contributed by atoms with Gasteiger partial charge in [-0.2, -0.15) is 0 Å². The number of amides is 2. The summed E-state index contributed by atoms with van der Waals surface area (Å²) in [6.07, 6.45) is 3.61. The number of hydrogen-bond donors (Lipinski definition) is 1. The van der Waals surface area contributed by atoms with E-state index >= 15 is 0 Å². The predicted molar refractivity (Wildman–Crippen MR) is 94.3 cm³/mol. The SMILES string of the molecule is Cc1nnc(-c2ccccc2NC(=O)N2CC[C@@H](N3CCCC3)C2)o1. The zero-order valence-corrected chi connectivity index (χ0v) is 14.4. The Labute approximate surface area is 147 Å².